The molecular formula is C16H33N5O2. The van der Waals surface area contributed by atoms with Gasteiger partial charge in [-0.15, -0.1) is 0 Å². The molecule has 0 spiro atoms. The molecule has 7 nitrogen and oxygen atoms in total. The van der Waals surface area contributed by atoms with Gasteiger partial charge in [0.2, 0.25) is 0 Å². The molecule has 0 radical (unpaired) electrons. The zero-order chi connectivity index (χ0) is 17.3. The van der Waals surface area contributed by atoms with Crippen molar-refractivity contribution in [1.29, 1.82) is 0 Å². The number of hydrogen-bond donors (Lipinski definition) is 3. The fourth-order valence-electron chi connectivity index (χ4n) is 2.39. The van der Waals surface area contributed by atoms with Crippen LogP contribution in [-0.4, -0.2) is 69.4 Å². The first kappa shape index (κ1) is 19.5. The lowest BCUT2D eigenvalue weighted by molar-refractivity contribution is 0.0529. The second-order valence-corrected chi connectivity index (χ2v) is 7.06. The number of nitrogens with one attached hydrogen (secondary N) is 3. The number of aliphatic imine (C=N–C) groups is 1. The van der Waals surface area contributed by atoms with E-state index in [1.54, 1.807) is 7.05 Å². The van der Waals surface area contributed by atoms with Gasteiger partial charge in [0.05, 0.1) is 0 Å². The third kappa shape index (κ3) is 9.28. The smallest absolute Gasteiger partial charge is 0.407 e. The van der Waals surface area contributed by atoms with Gasteiger partial charge in [0.15, 0.2) is 5.96 Å². The van der Waals surface area contributed by atoms with Crippen molar-refractivity contribution in [1.82, 2.24) is 20.9 Å². The molecule has 0 bridgehead atoms. The Morgan fingerprint density at radius 3 is 2.35 bits per heavy atom. The van der Waals surface area contributed by atoms with E-state index in [1.165, 1.54) is 12.8 Å². The van der Waals surface area contributed by atoms with Crippen LogP contribution in [0.25, 0.3) is 0 Å². The van der Waals surface area contributed by atoms with E-state index in [0.717, 1.165) is 25.6 Å². The van der Waals surface area contributed by atoms with Gasteiger partial charge >= 0.3 is 6.09 Å². The largest absolute Gasteiger partial charge is 0.444 e. The predicted octanol–water partition coefficient (Wildman–Crippen LogP) is 1.02. The number of alkyl carbamates (subject to hydrolysis) is 1. The predicted molar refractivity (Wildman–Crippen MR) is 93.8 cm³/mol. The summed E-state index contributed by atoms with van der Waals surface area (Å²) in [7, 11) is 3.92. The van der Waals surface area contributed by atoms with Crippen molar-refractivity contribution in [2.45, 2.75) is 39.2 Å². The Morgan fingerprint density at radius 2 is 1.78 bits per heavy atom. The van der Waals surface area contributed by atoms with Crippen LogP contribution in [0.2, 0.25) is 0 Å². The highest BCUT2D eigenvalue weighted by atomic mass is 16.6. The lowest BCUT2D eigenvalue weighted by Gasteiger charge is -2.29. The molecule has 23 heavy (non-hydrogen) atoms. The van der Waals surface area contributed by atoms with Gasteiger partial charge in [-0.3, -0.25) is 4.99 Å². The first-order valence-corrected chi connectivity index (χ1v) is 8.40. The Kier molecular flexibility index (Phi) is 8.16. The van der Waals surface area contributed by atoms with Crippen molar-refractivity contribution in [3.05, 3.63) is 0 Å². The Labute approximate surface area is 140 Å². The van der Waals surface area contributed by atoms with Crippen LogP contribution in [0.15, 0.2) is 4.99 Å². The Balaban J connectivity index is 2.13. The normalized spacial score (nSPS) is 17.7. The van der Waals surface area contributed by atoms with Crippen LogP contribution in [0, 0.1) is 5.92 Å². The standard InChI is InChI=1S/C16H33N5O2/c1-16(2,3)23-15(22)19-9-8-18-14(17-4)20-12-13-6-10-21(5)11-7-13/h13H,6-12H2,1-5H3,(H,19,22)(H2,17,18,20). The van der Waals surface area contributed by atoms with Gasteiger partial charge in [-0.05, 0) is 59.7 Å². The monoisotopic (exact) mass is 327 g/mol. The molecule has 1 aliphatic rings. The van der Waals surface area contributed by atoms with Crippen LogP contribution < -0.4 is 16.0 Å². The van der Waals surface area contributed by atoms with E-state index < -0.39 is 11.7 Å². The highest BCUT2D eigenvalue weighted by Crippen LogP contribution is 2.14. The molecule has 1 amide bonds. The third-order valence-electron chi connectivity index (χ3n) is 3.71. The quantitative estimate of drug-likeness (QED) is 0.399. The van der Waals surface area contributed by atoms with Crippen LogP contribution in [0.3, 0.4) is 0 Å². The Bertz CT molecular complexity index is 384. The molecule has 7 heteroatoms. The highest BCUT2D eigenvalue weighted by molar-refractivity contribution is 5.79. The topological polar surface area (TPSA) is 78.0 Å². The Hall–Kier alpha value is -1.50. The van der Waals surface area contributed by atoms with Crippen LogP contribution in [0.1, 0.15) is 33.6 Å². The van der Waals surface area contributed by atoms with Gasteiger partial charge in [0.25, 0.3) is 0 Å². The van der Waals surface area contributed by atoms with Crippen molar-refractivity contribution in [2.75, 3.05) is 46.8 Å². The number of carbonyl (C=O) groups is 1. The number of nitrogens with zero attached hydrogens (tertiary/aromatic N) is 2. The molecule has 0 aliphatic carbocycles. The van der Waals surface area contributed by atoms with E-state index in [4.69, 9.17) is 4.74 Å². The average molecular weight is 327 g/mol. The number of likely N-dealkylation sites (tertiary alicyclic amines) is 1. The molecule has 0 saturated carbocycles. The van der Waals surface area contributed by atoms with Gasteiger partial charge in [0.1, 0.15) is 5.60 Å². The van der Waals surface area contributed by atoms with Crippen LogP contribution in [0.5, 0.6) is 0 Å². The van der Waals surface area contributed by atoms with Gasteiger partial charge in [0, 0.05) is 26.7 Å². The van der Waals surface area contributed by atoms with Crippen molar-refractivity contribution >= 4 is 12.1 Å². The maximum Gasteiger partial charge on any atom is 0.407 e. The zero-order valence-electron chi connectivity index (χ0n) is 15.2. The van der Waals surface area contributed by atoms with Crippen molar-refractivity contribution < 1.29 is 9.53 Å². The number of hydrogen-bond acceptors (Lipinski definition) is 4. The number of piperidine rings is 1. The van der Waals surface area contributed by atoms with Crippen LogP contribution in [0.4, 0.5) is 4.79 Å². The summed E-state index contributed by atoms with van der Waals surface area (Å²) in [5.41, 5.74) is -0.469. The summed E-state index contributed by atoms with van der Waals surface area (Å²) in [6.07, 6.45) is 2.05. The molecule has 0 aromatic heterocycles. The second-order valence-electron chi connectivity index (χ2n) is 7.06. The van der Waals surface area contributed by atoms with Crippen molar-refractivity contribution in [3.63, 3.8) is 0 Å². The van der Waals surface area contributed by atoms with E-state index in [1.807, 2.05) is 20.8 Å². The van der Waals surface area contributed by atoms with E-state index >= 15 is 0 Å². The molecular weight excluding hydrogens is 294 g/mol. The summed E-state index contributed by atoms with van der Waals surface area (Å²) >= 11 is 0. The summed E-state index contributed by atoms with van der Waals surface area (Å²) in [6.45, 7) is 9.90. The lowest BCUT2D eigenvalue weighted by atomic mass is 9.97. The Morgan fingerprint density at radius 1 is 1.17 bits per heavy atom. The average Bonchev–Trinajstić information content (AvgIpc) is 2.46. The van der Waals surface area contributed by atoms with Gasteiger partial charge < -0.3 is 25.6 Å². The molecule has 0 aromatic carbocycles. The molecule has 1 heterocycles. The molecule has 0 atom stereocenters. The summed E-state index contributed by atoms with van der Waals surface area (Å²) < 4.78 is 5.18. The minimum atomic E-state index is -0.469. The van der Waals surface area contributed by atoms with Gasteiger partial charge in [-0.25, -0.2) is 4.79 Å². The summed E-state index contributed by atoms with van der Waals surface area (Å²) in [5.74, 6) is 1.47. The van der Waals surface area contributed by atoms with Gasteiger partial charge in [-0.1, -0.05) is 0 Å². The molecule has 1 aliphatic heterocycles. The fourth-order valence-corrected chi connectivity index (χ4v) is 2.39. The van der Waals surface area contributed by atoms with E-state index in [2.05, 4.69) is 32.9 Å². The first-order valence-electron chi connectivity index (χ1n) is 8.40. The second kappa shape index (κ2) is 9.60. The first-order chi connectivity index (χ1) is 10.8. The van der Waals surface area contributed by atoms with Gasteiger partial charge in [-0.2, -0.15) is 0 Å². The lowest BCUT2D eigenvalue weighted by Crippen LogP contribution is -2.44. The molecule has 0 aromatic rings. The summed E-state index contributed by atoms with van der Waals surface area (Å²) in [5, 5.41) is 9.27. The number of ether oxygens (including phenoxy) is 1. The highest BCUT2D eigenvalue weighted by Gasteiger charge is 2.17. The fraction of sp³-hybridized carbons (Fsp3) is 0.875. The van der Waals surface area contributed by atoms with Crippen LogP contribution in [-0.2, 0) is 4.74 Å². The number of guanidine groups is 1. The number of amides is 1. The third-order valence-corrected chi connectivity index (χ3v) is 3.71. The molecule has 1 saturated heterocycles. The van der Waals surface area contributed by atoms with Crippen LogP contribution >= 0.6 is 0 Å². The molecule has 0 unspecified atom stereocenters. The zero-order valence-corrected chi connectivity index (χ0v) is 15.2. The maximum absolute atomic E-state index is 11.5. The molecule has 1 fully saturated rings. The summed E-state index contributed by atoms with van der Waals surface area (Å²) in [4.78, 5) is 18.1. The van der Waals surface area contributed by atoms with Crippen molar-refractivity contribution in [2.24, 2.45) is 10.9 Å². The minimum absolute atomic E-state index is 0.395. The van der Waals surface area contributed by atoms with E-state index in [-0.39, 0.29) is 0 Å². The van der Waals surface area contributed by atoms with E-state index in [0.29, 0.717) is 19.0 Å². The van der Waals surface area contributed by atoms with E-state index in [9.17, 15) is 4.79 Å². The molecule has 134 valence electrons. The maximum atomic E-state index is 11.5. The molecule has 1 rings (SSSR count). The van der Waals surface area contributed by atoms with Crippen molar-refractivity contribution in [3.8, 4) is 0 Å². The minimum Gasteiger partial charge on any atom is -0.444 e. The molecule has 3 N–H and O–H groups in total. The SMILES string of the molecule is CN=C(NCCNC(=O)OC(C)(C)C)NCC1CCN(C)CC1. The number of carbonyl (C=O) groups excluding carboxylic acids is 1. The summed E-state index contributed by atoms with van der Waals surface area (Å²) in [6, 6.07) is 0. The number of rotatable bonds is 5.